The van der Waals surface area contributed by atoms with Crippen LogP contribution in [0.15, 0.2) is 4.52 Å². The maximum Gasteiger partial charge on any atom is 0.315 e. The van der Waals surface area contributed by atoms with E-state index in [1.807, 2.05) is 6.92 Å². The Morgan fingerprint density at radius 1 is 1.45 bits per heavy atom. The Morgan fingerprint density at radius 2 is 2.15 bits per heavy atom. The van der Waals surface area contributed by atoms with Crippen molar-refractivity contribution in [3.8, 4) is 0 Å². The van der Waals surface area contributed by atoms with E-state index in [0.717, 1.165) is 25.7 Å². The largest absolute Gasteiger partial charge is 0.469 e. The first kappa shape index (κ1) is 15.0. The zero-order valence-electron chi connectivity index (χ0n) is 12.3. The molecule has 0 aliphatic heterocycles. The molecule has 6 heteroatoms. The van der Waals surface area contributed by atoms with Gasteiger partial charge in [0, 0.05) is 6.61 Å². The summed E-state index contributed by atoms with van der Waals surface area (Å²) in [6, 6.07) is 0. The lowest BCUT2D eigenvalue weighted by Gasteiger charge is -2.36. The lowest BCUT2D eigenvalue weighted by Crippen LogP contribution is -2.35. The molecule has 1 aromatic rings. The van der Waals surface area contributed by atoms with Gasteiger partial charge in [-0.15, -0.1) is 0 Å². The highest BCUT2D eigenvalue weighted by Gasteiger charge is 2.40. The highest BCUT2D eigenvalue weighted by atomic mass is 16.5. The fourth-order valence-electron chi connectivity index (χ4n) is 2.64. The number of carbonyl (C=O) groups excluding carboxylic acids is 1. The fourth-order valence-corrected chi connectivity index (χ4v) is 2.64. The number of rotatable bonds is 5. The van der Waals surface area contributed by atoms with E-state index in [9.17, 15) is 4.79 Å². The molecule has 1 heterocycles. The summed E-state index contributed by atoms with van der Waals surface area (Å²) in [6.45, 7) is 4.82. The zero-order valence-corrected chi connectivity index (χ0v) is 12.3. The molecule has 0 amide bonds. The summed E-state index contributed by atoms with van der Waals surface area (Å²) in [6.07, 6.45) is 3.95. The number of aromatic nitrogens is 2. The Hall–Kier alpha value is -1.43. The van der Waals surface area contributed by atoms with Crippen LogP contribution in [-0.4, -0.2) is 29.8 Å². The fraction of sp³-hybridized carbons (Fsp3) is 0.786. The lowest BCUT2D eigenvalue weighted by atomic mass is 9.79. The molecule has 20 heavy (non-hydrogen) atoms. The average molecular weight is 282 g/mol. The third kappa shape index (κ3) is 3.17. The van der Waals surface area contributed by atoms with Gasteiger partial charge in [-0.05, 0) is 38.5 Å². The highest BCUT2D eigenvalue weighted by Crippen LogP contribution is 2.41. The molecule has 1 fully saturated rings. The molecule has 1 aliphatic carbocycles. The Morgan fingerprint density at radius 3 is 2.75 bits per heavy atom. The van der Waals surface area contributed by atoms with E-state index in [0.29, 0.717) is 18.3 Å². The van der Waals surface area contributed by atoms with Crippen molar-refractivity contribution >= 4 is 5.97 Å². The van der Waals surface area contributed by atoms with E-state index >= 15 is 0 Å². The minimum Gasteiger partial charge on any atom is -0.469 e. The van der Waals surface area contributed by atoms with Crippen molar-refractivity contribution in [3.63, 3.8) is 0 Å². The summed E-state index contributed by atoms with van der Waals surface area (Å²) in [5.74, 6) is 1.16. The van der Waals surface area contributed by atoms with Crippen molar-refractivity contribution in [1.82, 2.24) is 10.1 Å². The van der Waals surface area contributed by atoms with Crippen LogP contribution in [0.5, 0.6) is 0 Å². The minimum atomic E-state index is -0.459. The third-order valence-electron chi connectivity index (χ3n) is 3.90. The SMILES string of the molecule is CCOC1(c2noc(CC(=O)OC)n2)CCC(C)CC1. The average Bonchev–Trinajstić information content (AvgIpc) is 2.91. The van der Waals surface area contributed by atoms with Crippen LogP contribution >= 0.6 is 0 Å². The first-order valence-corrected chi connectivity index (χ1v) is 7.13. The molecule has 0 atom stereocenters. The summed E-state index contributed by atoms with van der Waals surface area (Å²) in [5, 5.41) is 4.02. The van der Waals surface area contributed by atoms with Gasteiger partial charge in [-0.3, -0.25) is 4.79 Å². The Labute approximate surface area is 118 Å². The number of nitrogens with zero attached hydrogens (tertiary/aromatic N) is 2. The first-order chi connectivity index (χ1) is 9.59. The van der Waals surface area contributed by atoms with Crippen LogP contribution in [0.2, 0.25) is 0 Å². The van der Waals surface area contributed by atoms with Gasteiger partial charge in [-0.2, -0.15) is 4.98 Å². The Balaban J connectivity index is 2.15. The van der Waals surface area contributed by atoms with Gasteiger partial charge in [0.25, 0.3) is 0 Å². The number of carbonyl (C=O) groups is 1. The van der Waals surface area contributed by atoms with Crippen LogP contribution in [0.4, 0.5) is 0 Å². The zero-order chi connectivity index (χ0) is 14.6. The van der Waals surface area contributed by atoms with Gasteiger partial charge in [-0.1, -0.05) is 12.1 Å². The van der Waals surface area contributed by atoms with E-state index in [4.69, 9.17) is 9.26 Å². The summed E-state index contributed by atoms with van der Waals surface area (Å²) >= 11 is 0. The van der Waals surface area contributed by atoms with Crippen LogP contribution in [0, 0.1) is 5.92 Å². The predicted octanol–water partition coefficient (Wildman–Crippen LogP) is 2.23. The van der Waals surface area contributed by atoms with Gasteiger partial charge in [0.2, 0.25) is 11.7 Å². The Kier molecular flexibility index (Phi) is 4.75. The molecule has 6 nitrogen and oxygen atoms in total. The molecular weight excluding hydrogens is 260 g/mol. The van der Waals surface area contributed by atoms with E-state index in [-0.39, 0.29) is 18.3 Å². The van der Waals surface area contributed by atoms with Gasteiger partial charge in [-0.25, -0.2) is 0 Å². The molecule has 0 saturated heterocycles. The van der Waals surface area contributed by atoms with E-state index in [1.54, 1.807) is 0 Å². The van der Waals surface area contributed by atoms with Crippen molar-refractivity contribution < 1.29 is 18.8 Å². The summed E-state index contributed by atoms with van der Waals surface area (Å²) in [7, 11) is 1.34. The number of esters is 1. The van der Waals surface area contributed by atoms with Crippen LogP contribution in [0.3, 0.4) is 0 Å². The van der Waals surface area contributed by atoms with Gasteiger partial charge >= 0.3 is 5.97 Å². The summed E-state index contributed by atoms with van der Waals surface area (Å²) < 4.78 is 15.7. The number of methoxy groups -OCH3 is 1. The lowest BCUT2D eigenvalue weighted by molar-refractivity contribution is -0.140. The molecule has 0 spiro atoms. The second-order valence-electron chi connectivity index (χ2n) is 5.37. The molecule has 0 unspecified atom stereocenters. The van der Waals surface area contributed by atoms with Crippen molar-refractivity contribution in [1.29, 1.82) is 0 Å². The minimum absolute atomic E-state index is 0.00209. The van der Waals surface area contributed by atoms with Gasteiger partial charge in [0.15, 0.2) is 0 Å². The molecule has 1 aromatic heterocycles. The maximum absolute atomic E-state index is 11.2. The number of ether oxygens (including phenoxy) is 2. The van der Waals surface area contributed by atoms with Crippen LogP contribution in [0.1, 0.15) is 51.2 Å². The van der Waals surface area contributed by atoms with Crippen molar-refractivity contribution in [2.45, 2.75) is 51.6 Å². The molecule has 0 radical (unpaired) electrons. The topological polar surface area (TPSA) is 74.5 Å². The van der Waals surface area contributed by atoms with E-state index < -0.39 is 5.60 Å². The molecular formula is C14H22N2O4. The molecule has 0 aromatic carbocycles. The molecule has 0 N–H and O–H groups in total. The molecule has 0 bridgehead atoms. The summed E-state index contributed by atoms with van der Waals surface area (Å²) in [5.41, 5.74) is -0.459. The monoisotopic (exact) mass is 282 g/mol. The smallest absolute Gasteiger partial charge is 0.315 e. The predicted molar refractivity (Wildman–Crippen MR) is 71.0 cm³/mol. The molecule has 1 saturated carbocycles. The van der Waals surface area contributed by atoms with Crippen LogP contribution < -0.4 is 0 Å². The summed E-state index contributed by atoms with van der Waals surface area (Å²) in [4.78, 5) is 15.6. The molecule has 2 rings (SSSR count). The maximum atomic E-state index is 11.2. The second-order valence-corrected chi connectivity index (χ2v) is 5.37. The van der Waals surface area contributed by atoms with Gasteiger partial charge in [0.05, 0.1) is 7.11 Å². The first-order valence-electron chi connectivity index (χ1n) is 7.13. The van der Waals surface area contributed by atoms with Crippen molar-refractivity contribution in [3.05, 3.63) is 11.7 Å². The van der Waals surface area contributed by atoms with E-state index in [1.165, 1.54) is 7.11 Å². The van der Waals surface area contributed by atoms with Crippen molar-refractivity contribution in [2.75, 3.05) is 13.7 Å². The van der Waals surface area contributed by atoms with Crippen LogP contribution in [-0.2, 0) is 26.3 Å². The van der Waals surface area contributed by atoms with Gasteiger partial charge < -0.3 is 14.0 Å². The highest BCUT2D eigenvalue weighted by molar-refractivity contribution is 5.71. The third-order valence-corrected chi connectivity index (χ3v) is 3.90. The molecule has 1 aliphatic rings. The van der Waals surface area contributed by atoms with Crippen molar-refractivity contribution in [2.24, 2.45) is 5.92 Å². The van der Waals surface area contributed by atoms with E-state index in [2.05, 4.69) is 21.8 Å². The normalized spacial score (nSPS) is 26.4. The second kappa shape index (κ2) is 6.35. The van der Waals surface area contributed by atoms with Crippen LogP contribution in [0.25, 0.3) is 0 Å². The Bertz CT molecular complexity index is 450. The standard InChI is InChI=1S/C14H22N2O4/c1-4-19-14(7-5-10(2)6-8-14)13-15-11(20-16-13)9-12(17)18-3/h10H,4-9H2,1-3H3. The number of hydrogen-bond donors (Lipinski definition) is 0. The number of hydrogen-bond acceptors (Lipinski definition) is 6. The quantitative estimate of drug-likeness (QED) is 0.771. The van der Waals surface area contributed by atoms with Gasteiger partial charge in [0.1, 0.15) is 12.0 Å². The molecule has 112 valence electrons.